The van der Waals surface area contributed by atoms with Crippen LogP contribution in [0.15, 0.2) is 41.2 Å². The molecular weight excluding hydrogens is 338 g/mol. The molecule has 0 unspecified atom stereocenters. The third-order valence-corrected chi connectivity index (χ3v) is 5.01. The average molecular weight is 360 g/mol. The maximum Gasteiger partial charge on any atom is 0.267 e. The summed E-state index contributed by atoms with van der Waals surface area (Å²) in [5.41, 5.74) is 1.19. The largest absolute Gasteiger partial charge is 0.351 e. The minimum absolute atomic E-state index is 0.0660. The second-order valence-electron chi connectivity index (χ2n) is 6.66. The van der Waals surface area contributed by atoms with Gasteiger partial charge in [-0.05, 0) is 37.0 Å². The highest BCUT2D eigenvalue weighted by molar-refractivity contribution is 6.30. The van der Waals surface area contributed by atoms with Crippen LogP contribution in [0.3, 0.4) is 0 Å². The van der Waals surface area contributed by atoms with Crippen LogP contribution < -0.4 is 10.9 Å². The molecule has 25 heavy (non-hydrogen) atoms. The number of hydrogen-bond acceptors (Lipinski definition) is 3. The first-order valence-electron chi connectivity index (χ1n) is 8.66. The molecule has 0 aliphatic heterocycles. The summed E-state index contributed by atoms with van der Waals surface area (Å²) in [6.07, 6.45) is 4.49. The van der Waals surface area contributed by atoms with Gasteiger partial charge in [0.25, 0.3) is 5.56 Å². The number of benzene rings is 1. The van der Waals surface area contributed by atoms with E-state index in [0.717, 1.165) is 24.8 Å². The molecule has 0 bridgehead atoms. The van der Waals surface area contributed by atoms with Gasteiger partial charge in [0, 0.05) is 22.7 Å². The molecule has 3 rings (SSSR count). The molecule has 1 saturated carbocycles. The van der Waals surface area contributed by atoms with Gasteiger partial charge in [-0.2, -0.15) is 5.10 Å². The molecule has 1 aliphatic carbocycles. The summed E-state index contributed by atoms with van der Waals surface area (Å²) >= 11 is 5.90. The van der Waals surface area contributed by atoms with E-state index in [9.17, 15) is 9.59 Å². The van der Waals surface area contributed by atoms with Crippen LogP contribution >= 0.6 is 11.6 Å². The van der Waals surface area contributed by atoms with E-state index in [2.05, 4.69) is 17.3 Å². The van der Waals surface area contributed by atoms with Crippen LogP contribution in [0.2, 0.25) is 5.02 Å². The number of rotatable bonds is 4. The predicted octanol–water partition coefficient (Wildman–Crippen LogP) is 3.26. The minimum Gasteiger partial charge on any atom is -0.351 e. The molecule has 132 valence electrons. The van der Waals surface area contributed by atoms with Crippen LogP contribution in [-0.2, 0) is 11.3 Å². The monoisotopic (exact) mass is 359 g/mol. The summed E-state index contributed by atoms with van der Waals surface area (Å²) in [4.78, 5) is 24.4. The summed E-state index contributed by atoms with van der Waals surface area (Å²) in [5, 5.41) is 8.02. The van der Waals surface area contributed by atoms with Gasteiger partial charge < -0.3 is 5.32 Å². The predicted molar refractivity (Wildman–Crippen MR) is 98.5 cm³/mol. The van der Waals surface area contributed by atoms with Gasteiger partial charge in [-0.15, -0.1) is 0 Å². The molecule has 0 radical (unpaired) electrons. The molecule has 1 aromatic carbocycles. The maximum atomic E-state index is 12.3. The Morgan fingerprint density at radius 2 is 1.92 bits per heavy atom. The first kappa shape index (κ1) is 17.7. The zero-order valence-corrected chi connectivity index (χ0v) is 15.0. The molecule has 1 fully saturated rings. The lowest BCUT2D eigenvalue weighted by molar-refractivity contribution is -0.123. The highest BCUT2D eigenvalue weighted by atomic mass is 35.5. The van der Waals surface area contributed by atoms with E-state index in [4.69, 9.17) is 11.6 Å². The van der Waals surface area contributed by atoms with E-state index < -0.39 is 0 Å². The smallest absolute Gasteiger partial charge is 0.267 e. The Kier molecular flexibility index (Phi) is 5.53. The average Bonchev–Trinajstić information content (AvgIpc) is 2.60. The molecule has 1 amide bonds. The number of carbonyl (C=O) groups is 1. The van der Waals surface area contributed by atoms with Gasteiger partial charge in [-0.25, -0.2) is 4.68 Å². The molecule has 2 atom stereocenters. The molecule has 2 aromatic rings. The van der Waals surface area contributed by atoms with Gasteiger partial charge in [0.15, 0.2) is 0 Å². The Labute approximate surface area is 152 Å². The van der Waals surface area contributed by atoms with Crippen molar-refractivity contribution >= 4 is 17.5 Å². The first-order valence-corrected chi connectivity index (χ1v) is 9.04. The second-order valence-corrected chi connectivity index (χ2v) is 7.09. The summed E-state index contributed by atoms with van der Waals surface area (Å²) < 4.78 is 1.22. The van der Waals surface area contributed by atoms with Crippen molar-refractivity contribution in [2.75, 3.05) is 0 Å². The summed E-state index contributed by atoms with van der Waals surface area (Å²) in [6.45, 7) is 2.10. The van der Waals surface area contributed by atoms with Crippen LogP contribution in [0.5, 0.6) is 0 Å². The molecule has 0 spiro atoms. The van der Waals surface area contributed by atoms with Crippen LogP contribution in [0.4, 0.5) is 0 Å². The quantitative estimate of drug-likeness (QED) is 0.911. The van der Waals surface area contributed by atoms with Gasteiger partial charge in [0.05, 0.1) is 5.69 Å². The summed E-state index contributed by atoms with van der Waals surface area (Å²) in [5.74, 6) is 0.310. The lowest BCUT2D eigenvalue weighted by Crippen LogP contribution is -2.43. The normalized spacial score (nSPS) is 20.2. The maximum absolute atomic E-state index is 12.3. The van der Waals surface area contributed by atoms with Crippen LogP contribution in [0, 0.1) is 5.92 Å². The molecule has 0 saturated heterocycles. The van der Waals surface area contributed by atoms with E-state index in [-0.39, 0.29) is 24.1 Å². The number of nitrogens with one attached hydrogen (secondary N) is 1. The first-order chi connectivity index (χ1) is 12.0. The summed E-state index contributed by atoms with van der Waals surface area (Å²) in [6, 6.07) is 10.5. The van der Waals surface area contributed by atoms with Gasteiger partial charge >= 0.3 is 0 Å². The molecular formula is C19H22ClN3O2. The molecule has 6 heteroatoms. The summed E-state index contributed by atoms with van der Waals surface area (Å²) in [7, 11) is 0. The SMILES string of the molecule is C[C@@H]1CCCC[C@H]1NC(=O)Cn1nc(-c2ccc(Cl)cc2)ccc1=O. The zero-order chi connectivity index (χ0) is 17.8. The number of amides is 1. The van der Waals surface area contributed by atoms with Crippen molar-refractivity contribution in [2.24, 2.45) is 5.92 Å². The number of nitrogens with zero attached hydrogens (tertiary/aromatic N) is 2. The topological polar surface area (TPSA) is 64.0 Å². The molecule has 1 N–H and O–H groups in total. The molecule has 1 aliphatic rings. The van der Waals surface area contributed by atoms with Crippen molar-refractivity contribution in [2.45, 2.75) is 45.2 Å². The Hall–Kier alpha value is -2.14. The van der Waals surface area contributed by atoms with Crippen molar-refractivity contribution < 1.29 is 4.79 Å². The standard InChI is InChI=1S/C19H22ClN3O2/c1-13-4-2-3-5-16(13)21-18(24)12-23-19(25)11-10-17(22-23)14-6-8-15(20)9-7-14/h6-11,13,16H,2-5,12H2,1H3,(H,21,24)/t13-,16-/m1/s1. The molecule has 5 nitrogen and oxygen atoms in total. The number of halogens is 1. The Morgan fingerprint density at radius 1 is 1.20 bits per heavy atom. The fourth-order valence-electron chi connectivity index (χ4n) is 3.26. The highest BCUT2D eigenvalue weighted by Gasteiger charge is 2.23. The van der Waals surface area contributed by atoms with Crippen LogP contribution in [-0.4, -0.2) is 21.7 Å². The number of aromatic nitrogens is 2. The van der Waals surface area contributed by atoms with E-state index in [1.807, 2.05) is 12.1 Å². The van der Waals surface area contributed by atoms with Crippen molar-refractivity contribution in [3.05, 3.63) is 51.8 Å². The van der Waals surface area contributed by atoms with Gasteiger partial charge in [0.1, 0.15) is 6.54 Å². The number of hydrogen-bond donors (Lipinski definition) is 1. The van der Waals surface area contributed by atoms with E-state index in [1.165, 1.54) is 17.2 Å². The molecule has 1 heterocycles. The van der Waals surface area contributed by atoms with Crippen molar-refractivity contribution in [1.82, 2.24) is 15.1 Å². The van der Waals surface area contributed by atoms with Crippen molar-refractivity contribution in [3.63, 3.8) is 0 Å². The van der Waals surface area contributed by atoms with Crippen molar-refractivity contribution in [3.8, 4) is 11.3 Å². The van der Waals surface area contributed by atoms with Gasteiger partial charge in [0.2, 0.25) is 5.91 Å². The zero-order valence-electron chi connectivity index (χ0n) is 14.2. The Bertz CT molecular complexity index is 801. The minimum atomic E-state index is -0.287. The van der Waals surface area contributed by atoms with Gasteiger partial charge in [-0.1, -0.05) is 43.5 Å². The third-order valence-electron chi connectivity index (χ3n) is 4.76. The van der Waals surface area contributed by atoms with Crippen molar-refractivity contribution in [1.29, 1.82) is 0 Å². The highest BCUT2D eigenvalue weighted by Crippen LogP contribution is 2.23. The Morgan fingerprint density at radius 3 is 2.64 bits per heavy atom. The lowest BCUT2D eigenvalue weighted by Gasteiger charge is -2.29. The van der Waals surface area contributed by atoms with E-state index in [0.29, 0.717) is 16.6 Å². The van der Waals surface area contributed by atoms with E-state index in [1.54, 1.807) is 18.2 Å². The third kappa shape index (κ3) is 4.48. The Balaban J connectivity index is 1.73. The van der Waals surface area contributed by atoms with E-state index >= 15 is 0 Å². The lowest BCUT2D eigenvalue weighted by atomic mass is 9.86. The second kappa shape index (κ2) is 7.83. The van der Waals surface area contributed by atoms with Crippen LogP contribution in [0.25, 0.3) is 11.3 Å². The van der Waals surface area contributed by atoms with Gasteiger partial charge in [-0.3, -0.25) is 9.59 Å². The fourth-order valence-corrected chi connectivity index (χ4v) is 3.38. The number of carbonyl (C=O) groups excluding carboxylic acids is 1. The fraction of sp³-hybridized carbons (Fsp3) is 0.421. The molecule has 1 aromatic heterocycles. The van der Waals surface area contributed by atoms with Crippen LogP contribution in [0.1, 0.15) is 32.6 Å².